The van der Waals surface area contributed by atoms with E-state index in [9.17, 15) is 4.79 Å². The second-order valence-corrected chi connectivity index (χ2v) is 1.97. The quantitative estimate of drug-likeness (QED) is 0.479. The van der Waals surface area contributed by atoms with Crippen molar-refractivity contribution in [1.82, 2.24) is 0 Å². The van der Waals surface area contributed by atoms with Gasteiger partial charge in [-0.25, -0.2) is 4.89 Å². The van der Waals surface area contributed by atoms with Gasteiger partial charge < -0.3 is 4.74 Å². The average molecular weight is 132 g/mol. The number of Topliss-reactive ketones (excluding diaryl/α,β-unsaturated/α-hetero) is 1. The van der Waals surface area contributed by atoms with Crippen molar-refractivity contribution in [2.75, 3.05) is 6.79 Å². The van der Waals surface area contributed by atoms with Crippen LogP contribution >= 0.6 is 0 Å². The molecular formula is C5H8O4. The minimum absolute atomic E-state index is 0.0239. The van der Waals surface area contributed by atoms with Gasteiger partial charge in [0, 0.05) is 13.8 Å². The molecule has 4 heteroatoms. The van der Waals surface area contributed by atoms with E-state index in [2.05, 4.69) is 9.78 Å². The van der Waals surface area contributed by atoms with Crippen LogP contribution in [-0.4, -0.2) is 18.4 Å². The molecule has 1 heterocycles. The number of hydrogen-bond acceptors (Lipinski definition) is 4. The number of rotatable bonds is 1. The maximum absolute atomic E-state index is 10.6. The van der Waals surface area contributed by atoms with Gasteiger partial charge in [-0.05, 0) is 0 Å². The normalized spacial score (nSPS) is 34.9. The van der Waals surface area contributed by atoms with Gasteiger partial charge in [0.05, 0.1) is 0 Å². The van der Waals surface area contributed by atoms with E-state index in [1.54, 1.807) is 0 Å². The summed E-state index contributed by atoms with van der Waals surface area (Å²) in [6, 6.07) is 0. The molecular weight excluding hydrogens is 124 g/mol. The van der Waals surface area contributed by atoms with Gasteiger partial charge in [-0.2, -0.15) is 4.89 Å². The molecule has 0 radical (unpaired) electrons. The van der Waals surface area contributed by atoms with Crippen molar-refractivity contribution in [3.05, 3.63) is 0 Å². The van der Waals surface area contributed by atoms with Crippen LogP contribution in [0, 0.1) is 0 Å². The topological polar surface area (TPSA) is 44.8 Å². The number of ketones is 1. The van der Waals surface area contributed by atoms with Gasteiger partial charge >= 0.3 is 0 Å². The average Bonchev–Trinajstić information content (AvgIpc) is 2.16. The molecule has 1 aliphatic rings. The fourth-order valence-electron chi connectivity index (χ4n) is 0.457. The smallest absolute Gasteiger partial charge is 0.259 e. The van der Waals surface area contributed by atoms with Crippen LogP contribution in [0.5, 0.6) is 0 Å². The predicted molar refractivity (Wildman–Crippen MR) is 27.2 cm³/mol. The van der Waals surface area contributed by atoms with Crippen LogP contribution in [0.15, 0.2) is 0 Å². The Bertz CT molecular complexity index is 125. The van der Waals surface area contributed by atoms with E-state index in [0.29, 0.717) is 0 Å². The summed E-state index contributed by atoms with van der Waals surface area (Å²) >= 11 is 0. The van der Waals surface area contributed by atoms with E-state index in [0.717, 1.165) is 0 Å². The van der Waals surface area contributed by atoms with Crippen LogP contribution in [0.1, 0.15) is 13.8 Å². The van der Waals surface area contributed by atoms with Gasteiger partial charge in [-0.3, -0.25) is 4.79 Å². The third-order valence-corrected chi connectivity index (χ3v) is 1.24. The fraction of sp³-hybridized carbons (Fsp3) is 0.800. The lowest BCUT2D eigenvalue weighted by atomic mass is 10.2. The molecule has 0 aromatic heterocycles. The van der Waals surface area contributed by atoms with Crippen LogP contribution in [0.4, 0.5) is 0 Å². The van der Waals surface area contributed by atoms with Gasteiger partial charge in [0.25, 0.3) is 5.79 Å². The van der Waals surface area contributed by atoms with Gasteiger partial charge in [-0.1, -0.05) is 0 Å². The van der Waals surface area contributed by atoms with E-state index in [4.69, 9.17) is 4.74 Å². The first kappa shape index (κ1) is 6.67. The molecule has 4 nitrogen and oxygen atoms in total. The van der Waals surface area contributed by atoms with Crippen LogP contribution in [0.25, 0.3) is 0 Å². The van der Waals surface area contributed by atoms with Crippen molar-refractivity contribution in [2.24, 2.45) is 0 Å². The Morgan fingerprint density at radius 2 is 2.33 bits per heavy atom. The van der Waals surface area contributed by atoms with Gasteiger partial charge in [0.2, 0.25) is 0 Å². The van der Waals surface area contributed by atoms with Gasteiger partial charge in [-0.15, -0.1) is 0 Å². The van der Waals surface area contributed by atoms with Crippen LogP contribution in [0.3, 0.4) is 0 Å². The summed E-state index contributed by atoms with van der Waals surface area (Å²) in [5.74, 6) is -1.36. The van der Waals surface area contributed by atoms with Crippen molar-refractivity contribution in [3.63, 3.8) is 0 Å². The minimum Gasteiger partial charge on any atom is -0.312 e. The molecule has 1 rings (SSSR count). The second kappa shape index (κ2) is 2.06. The standard InChI is InChI=1S/C5H8O4/c1-4(6)5(2)7-3-8-9-5/h3H2,1-2H3. The second-order valence-electron chi connectivity index (χ2n) is 1.97. The minimum atomic E-state index is -1.17. The van der Waals surface area contributed by atoms with Crippen molar-refractivity contribution in [2.45, 2.75) is 19.6 Å². The number of ether oxygens (including phenoxy) is 1. The van der Waals surface area contributed by atoms with Gasteiger partial charge in [0.1, 0.15) is 0 Å². The molecule has 0 aliphatic carbocycles. The first-order valence-electron chi connectivity index (χ1n) is 2.61. The highest BCUT2D eigenvalue weighted by molar-refractivity contribution is 5.82. The van der Waals surface area contributed by atoms with E-state index in [1.807, 2.05) is 0 Å². The number of carbonyl (C=O) groups excluding carboxylic acids is 1. The zero-order valence-electron chi connectivity index (χ0n) is 5.34. The highest BCUT2D eigenvalue weighted by Gasteiger charge is 2.38. The first-order valence-corrected chi connectivity index (χ1v) is 2.61. The predicted octanol–water partition coefficient (Wildman–Crippen LogP) is 0.227. The van der Waals surface area contributed by atoms with Gasteiger partial charge in [0.15, 0.2) is 12.6 Å². The van der Waals surface area contributed by atoms with Crippen LogP contribution in [-0.2, 0) is 19.3 Å². The molecule has 52 valence electrons. The van der Waals surface area contributed by atoms with Crippen molar-refractivity contribution >= 4 is 5.78 Å². The Morgan fingerprint density at radius 1 is 1.67 bits per heavy atom. The molecule has 0 spiro atoms. The maximum atomic E-state index is 10.6. The van der Waals surface area contributed by atoms with E-state index in [1.165, 1.54) is 13.8 Å². The molecule has 1 unspecified atom stereocenters. The third kappa shape index (κ3) is 1.10. The van der Waals surface area contributed by atoms with Crippen LogP contribution < -0.4 is 0 Å². The summed E-state index contributed by atoms with van der Waals surface area (Å²) in [6.45, 7) is 2.92. The lowest BCUT2D eigenvalue weighted by molar-refractivity contribution is -0.302. The lowest BCUT2D eigenvalue weighted by Crippen LogP contribution is -2.33. The molecule has 0 saturated carbocycles. The molecule has 0 amide bonds. The SMILES string of the molecule is CC(=O)C1(C)OCOO1. The Hall–Kier alpha value is -0.450. The highest BCUT2D eigenvalue weighted by atomic mass is 17.3. The molecule has 1 saturated heterocycles. The largest absolute Gasteiger partial charge is 0.312 e. The third-order valence-electron chi connectivity index (χ3n) is 1.24. The Balaban J connectivity index is 2.61. The lowest BCUT2D eigenvalue weighted by Gasteiger charge is -2.13. The molecule has 0 aromatic rings. The zero-order valence-corrected chi connectivity index (χ0v) is 5.34. The Kier molecular flexibility index (Phi) is 1.52. The van der Waals surface area contributed by atoms with E-state index >= 15 is 0 Å². The summed E-state index contributed by atoms with van der Waals surface area (Å²) in [5.41, 5.74) is 0. The summed E-state index contributed by atoms with van der Waals surface area (Å²) < 4.78 is 4.81. The Labute approximate surface area is 52.6 Å². The summed E-state index contributed by atoms with van der Waals surface area (Å²) in [7, 11) is 0. The van der Waals surface area contributed by atoms with Crippen molar-refractivity contribution in [1.29, 1.82) is 0 Å². The summed E-state index contributed by atoms with van der Waals surface area (Å²) in [4.78, 5) is 19.5. The monoisotopic (exact) mass is 132 g/mol. The molecule has 9 heavy (non-hydrogen) atoms. The van der Waals surface area contributed by atoms with Crippen molar-refractivity contribution < 1.29 is 19.3 Å². The first-order chi connectivity index (χ1) is 4.15. The number of carbonyl (C=O) groups is 1. The molecule has 1 aliphatic heterocycles. The van der Waals surface area contributed by atoms with Crippen molar-refractivity contribution in [3.8, 4) is 0 Å². The fourth-order valence-corrected chi connectivity index (χ4v) is 0.457. The molecule has 0 bridgehead atoms. The zero-order chi connectivity index (χ0) is 6.91. The molecule has 0 N–H and O–H groups in total. The van der Waals surface area contributed by atoms with Crippen LogP contribution in [0.2, 0.25) is 0 Å². The molecule has 1 atom stereocenters. The summed E-state index contributed by atoms with van der Waals surface area (Å²) in [5, 5.41) is 0. The molecule has 1 fully saturated rings. The molecule has 0 aromatic carbocycles. The Morgan fingerprint density at radius 3 is 2.56 bits per heavy atom. The summed E-state index contributed by atoms with van der Waals surface area (Å²) in [6.07, 6.45) is 0. The highest BCUT2D eigenvalue weighted by Crippen LogP contribution is 2.19. The van der Waals surface area contributed by atoms with E-state index in [-0.39, 0.29) is 12.6 Å². The maximum Gasteiger partial charge on any atom is 0.259 e. The van der Waals surface area contributed by atoms with E-state index < -0.39 is 5.79 Å². The number of hydrogen-bond donors (Lipinski definition) is 0.